The minimum Gasteiger partial charge on any atom is -0.496 e. The summed E-state index contributed by atoms with van der Waals surface area (Å²) in [5.74, 6) is -0.0630. The third-order valence-electron chi connectivity index (χ3n) is 7.05. The largest absolute Gasteiger partial charge is 0.496 e. The van der Waals surface area contributed by atoms with E-state index >= 15 is 0 Å². The Labute approximate surface area is 218 Å². The van der Waals surface area contributed by atoms with E-state index in [2.05, 4.69) is 49.3 Å². The van der Waals surface area contributed by atoms with Crippen LogP contribution in [-0.2, 0) is 9.59 Å². The number of amides is 4. The second-order valence-electron chi connectivity index (χ2n) is 10.5. The van der Waals surface area contributed by atoms with Gasteiger partial charge in [-0.2, -0.15) is 0 Å². The molecule has 2 aromatic carbocycles. The molecule has 0 aliphatic carbocycles. The first-order chi connectivity index (χ1) is 17.5. The van der Waals surface area contributed by atoms with Crippen LogP contribution in [0.4, 0.5) is 16.2 Å². The number of urea groups is 1. The van der Waals surface area contributed by atoms with Crippen LogP contribution in [0.5, 0.6) is 5.75 Å². The minimum absolute atomic E-state index is 0.0162. The Balaban J connectivity index is 1.59. The number of hydrogen-bond acceptors (Lipinski definition) is 5. The molecule has 2 aromatic rings. The molecule has 1 saturated heterocycles. The van der Waals surface area contributed by atoms with Gasteiger partial charge in [-0.1, -0.05) is 26.0 Å². The molecule has 4 rings (SSSR count). The van der Waals surface area contributed by atoms with E-state index in [0.717, 1.165) is 35.5 Å². The van der Waals surface area contributed by atoms with Gasteiger partial charge in [0.15, 0.2) is 0 Å². The second kappa shape index (κ2) is 10.3. The first-order valence-electron chi connectivity index (χ1n) is 12.7. The summed E-state index contributed by atoms with van der Waals surface area (Å²) in [5.41, 5.74) is 4.77. The van der Waals surface area contributed by atoms with Crippen molar-refractivity contribution in [3.05, 3.63) is 58.8 Å². The average Bonchev–Trinajstić information content (AvgIpc) is 3.08. The predicted molar refractivity (Wildman–Crippen MR) is 146 cm³/mol. The van der Waals surface area contributed by atoms with Gasteiger partial charge in [0, 0.05) is 35.1 Å². The summed E-state index contributed by atoms with van der Waals surface area (Å²) >= 11 is 0. The summed E-state index contributed by atoms with van der Waals surface area (Å²) in [6.45, 7) is 11.4. The molecule has 2 N–H and O–H groups in total. The van der Waals surface area contributed by atoms with Crippen molar-refractivity contribution in [2.75, 3.05) is 30.4 Å². The lowest BCUT2D eigenvalue weighted by atomic mass is 9.79. The number of fused-ring (bicyclic) bond motifs is 1. The molecule has 8 heteroatoms. The molecule has 37 heavy (non-hydrogen) atoms. The van der Waals surface area contributed by atoms with Crippen LogP contribution >= 0.6 is 0 Å². The van der Waals surface area contributed by atoms with E-state index in [1.165, 1.54) is 5.56 Å². The molecule has 0 saturated carbocycles. The van der Waals surface area contributed by atoms with E-state index in [0.29, 0.717) is 22.9 Å². The Morgan fingerprint density at radius 3 is 2.68 bits per heavy atom. The van der Waals surface area contributed by atoms with Crippen LogP contribution in [0.2, 0.25) is 0 Å². The molecule has 196 valence electrons. The van der Waals surface area contributed by atoms with Gasteiger partial charge >= 0.3 is 6.03 Å². The summed E-state index contributed by atoms with van der Waals surface area (Å²) in [6, 6.07) is 10.8. The summed E-state index contributed by atoms with van der Waals surface area (Å²) in [6.07, 6.45) is 3.66. The van der Waals surface area contributed by atoms with Crippen molar-refractivity contribution in [1.29, 1.82) is 0 Å². The number of carbonyl (C=O) groups is 3. The van der Waals surface area contributed by atoms with Crippen molar-refractivity contribution in [3.8, 4) is 5.75 Å². The lowest BCUT2D eigenvalue weighted by molar-refractivity contribution is -0.127. The fourth-order valence-electron chi connectivity index (χ4n) is 5.40. The zero-order valence-corrected chi connectivity index (χ0v) is 22.5. The molecule has 1 atom stereocenters. The van der Waals surface area contributed by atoms with Gasteiger partial charge in [0.25, 0.3) is 5.91 Å². The number of anilines is 2. The van der Waals surface area contributed by atoms with Crippen LogP contribution in [0.1, 0.15) is 63.1 Å². The van der Waals surface area contributed by atoms with E-state index < -0.39 is 17.8 Å². The Morgan fingerprint density at radius 2 is 2.00 bits per heavy atom. The topological polar surface area (TPSA) is 91.0 Å². The van der Waals surface area contributed by atoms with Crippen molar-refractivity contribution in [1.82, 2.24) is 10.2 Å². The Hall–Kier alpha value is -3.81. The van der Waals surface area contributed by atoms with Crippen molar-refractivity contribution in [2.24, 2.45) is 0 Å². The molecule has 1 unspecified atom stereocenters. The number of aryl methyl sites for hydroxylation is 1. The van der Waals surface area contributed by atoms with Gasteiger partial charge in [0.2, 0.25) is 5.91 Å². The van der Waals surface area contributed by atoms with Gasteiger partial charge in [-0.05, 0) is 74.9 Å². The standard InChI is InChI=1S/C29H36N4O4/c1-7-11-33-24-15-25(37-6)20(13-22(24)19(3)16-29(33,4)5)14-23-27(35)32(28(36)31-23)17-26(34)30-21-10-8-9-18(2)12-21/h8-10,12-15,19H,7,11,16-17H2,1-6H3,(H,30,34)(H,31,36)/b23-14+. The van der Waals surface area contributed by atoms with E-state index in [9.17, 15) is 14.4 Å². The highest BCUT2D eigenvalue weighted by Gasteiger charge is 2.38. The third-order valence-corrected chi connectivity index (χ3v) is 7.05. The van der Waals surface area contributed by atoms with Gasteiger partial charge in [0.05, 0.1) is 7.11 Å². The Kier molecular flexibility index (Phi) is 7.30. The van der Waals surface area contributed by atoms with Gasteiger partial charge in [-0.15, -0.1) is 0 Å². The van der Waals surface area contributed by atoms with Crippen LogP contribution < -0.4 is 20.3 Å². The SMILES string of the molecule is CCCN1c2cc(OC)c(/C=C3/NC(=O)N(CC(=O)Nc4cccc(C)c4)C3=O)cc2C(C)CC1(C)C. The fraction of sp³-hybridized carbons (Fsp3) is 0.414. The molecular weight excluding hydrogens is 468 g/mol. The number of rotatable bonds is 7. The number of benzene rings is 2. The van der Waals surface area contributed by atoms with Gasteiger partial charge in [-0.25, -0.2) is 9.69 Å². The van der Waals surface area contributed by atoms with Crippen LogP contribution in [0.15, 0.2) is 42.1 Å². The highest BCUT2D eigenvalue weighted by Crippen LogP contribution is 2.46. The maximum absolute atomic E-state index is 13.1. The maximum Gasteiger partial charge on any atom is 0.329 e. The zero-order valence-electron chi connectivity index (χ0n) is 22.5. The van der Waals surface area contributed by atoms with E-state index in [1.807, 2.05) is 31.2 Å². The maximum atomic E-state index is 13.1. The third kappa shape index (κ3) is 5.33. The minimum atomic E-state index is -0.628. The van der Waals surface area contributed by atoms with Crippen molar-refractivity contribution < 1.29 is 19.1 Å². The first-order valence-corrected chi connectivity index (χ1v) is 12.7. The molecule has 0 bridgehead atoms. The lowest BCUT2D eigenvalue weighted by Gasteiger charge is -2.47. The van der Waals surface area contributed by atoms with E-state index in [-0.39, 0.29) is 17.8 Å². The van der Waals surface area contributed by atoms with Gasteiger partial charge in [-0.3, -0.25) is 9.59 Å². The zero-order chi connectivity index (χ0) is 26.9. The Bertz CT molecular complexity index is 1270. The summed E-state index contributed by atoms with van der Waals surface area (Å²) < 4.78 is 5.71. The van der Waals surface area contributed by atoms with Crippen LogP contribution in [0, 0.1) is 6.92 Å². The van der Waals surface area contributed by atoms with Crippen LogP contribution in [0.3, 0.4) is 0 Å². The van der Waals surface area contributed by atoms with Crippen LogP contribution in [-0.4, -0.2) is 48.5 Å². The van der Waals surface area contributed by atoms with Crippen molar-refractivity contribution in [2.45, 2.75) is 58.9 Å². The van der Waals surface area contributed by atoms with Gasteiger partial charge in [0.1, 0.15) is 18.0 Å². The molecule has 0 aromatic heterocycles. The monoisotopic (exact) mass is 504 g/mol. The number of imide groups is 1. The summed E-state index contributed by atoms with van der Waals surface area (Å²) in [5, 5.41) is 5.35. The molecule has 4 amide bonds. The number of nitrogens with zero attached hydrogens (tertiary/aromatic N) is 2. The Morgan fingerprint density at radius 1 is 1.24 bits per heavy atom. The first kappa shape index (κ1) is 26.3. The van der Waals surface area contributed by atoms with E-state index in [1.54, 1.807) is 19.3 Å². The number of methoxy groups -OCH3 is 1. The molecule has 1 fully saturated rings. The smallest absolute Gasteiger partial charge is 0.329 e. The lowest BCUT2D eigenvalue weighted by Crippen LogP contribution is -2.48. The molecular formula is C29H36N4O4. The summed E-state index contributed by atoms with van der Waals surface area (Å²) in [7, 11) is 1.60. The highest BCUT2D eigenvalue weighted by molar-refractivity contribution is 6.16. The van der Waals surface area contributed by atoms with Crippen molar-refractivity contribution in [3.63, 3.8) is 0 Å². The number of carbonyl (C=O) groups excluding carboxylic acids is 3. The van der Waals surface area contributed by atoms with Crippen LogP contribution in [0.25, 0.3) is 6.08 Å². The summed E-state index contributed by atoms with van der Waals surface area (Å²) in [4.78, 5) is 41.6. The van der Waals surface area contributed by atoms with E-state index in [4.69, 9.17) is 4.74 Å². The second-order valence-corrected chi connectivity index (χ2v) is 10.5. The number of ether oxygens (including phenoxy) is 1. The van der Waals surface area contributed by atoms with Gasteiger partial charge < -0.3 is 20.3 Å². The molecule has 0 spiro atoms. The predicted octanol–water partition coefficient (Wildman–Crippen LogP) is 5.04. The van der Waals surface area contributed by atoms with Crippen molar-refractivity contribution >= 4 is 35.3 Å². The fourth-order valence-corrected chi connectivity index (χ4v) is 5.40. The number of nitrogens with one attached hydrogen (secondary N) is 2. The molecule has 8 nitrogen and oxygen atoms in total. The molecule has 2 aliphatic heterocycles. The quantitative estimate of drug-likeness (QED) is 0.407. The highest BCUT2D eigenvalue weighted by atomic mass is 16.5. The molecule has 2 heterocycles. The molecule has 2 aliphatic rings. The number of hydrogen-bond donors (Lipinski definition) is 2. The molecule has 0 radical (unpaired) electrons. The average molecular weight is 505 g/mol. The normalized spacial score (nSPS) is 19.6.